The van der Waals surface area contributed by atoms with Gasteiger partial charge in [0, 0.05) is 6.54 Å². The van der Waals surface area contributed by atoms with Gasteiger partial charge in [-0.25, -0.2) is 13.6 Å². The minimum Gasteiger partial charge on any atom is -0.351 e. The Labute approximate surface area is 173 Å². The standard InChI is InChI=1S/C19H21N5O3S2/c1-14-22-23-19(24(14)12-16-5-3-2-4-6-16)28-13-18(25)21-11-15-7-9-17(10-8-15)29(20,26)27/h2-10H,11-13H2,1H3,(H,21,25)(H2,20,26,27). The lowest BCUT2D eigenvalue weighted by atomic mass is 10.2. The van der Waals surface area contributed by atoms with Crippen LogP contribution in [0, 0.1) is 6.92 Å². The van der Waals surface area contributed by atoms with E-state index in [9.17, 15) is 13.2 Å². The number of sulfonamides is 1. The first-order valence-corrected chi connectivity index (χ1v) is 11.3. The van der Waals surface area contributed by atoms with E-state index in [1.165, 1.54) is 23.9 Å². The molecule has 3 N–H and O–H groups in total. The zero-order chi connectivity index (χ0) is 20.9. The fourth-order valence-electron chi connectivity index (χ4n) is 2.60. The molecule has 0 bridgehead atoms. The number of carbonyl (C=O) groups excluding carboxylic acids is 1. The van der Waals surface area contributed by atoms with Crippen molar-refractivity contribution in [2.24, 2.45) is 5.14 Å². The molecule has 1 aromatic heterocycles. The predicted octanol–water partition coefficient (Wildman–Crippen LogP) is 1.69. The van der Waals surface area contributed by atoms with Crippen molar-refractivity contribution in [2.45, 2.75) is 30.1 Å². The van der Waals surface area contributed by atoms with Crippen molar-refractivity contribution in [1.82, 2.24) is 20.1 Å². The zero-order valence-electron chi connectivity index (χ0n) is 15.8. The van der Waals surface area contributed by atoms with Gasteiger partial charge in [-0.15, -0.1) is 10.2 Å². The van der Waals surface area contributed by atoms with Gasteiger partial charge in [-0.3, -0.25) is 4.79 Å². The second kappa shape index (κ2) is 9.21. The van der Waals surface area contributed by atoms with Gasteiger partial charge in [0.2, 0.25) is 15.9 Å². The molecule has 0 spiro atoms. The van der Waals surface area contributed by atoms with Gasteiger partial charge in [0.25, 0.3) is 0 Å². The number of nitrogens with one attached hydrogen (secondary N) is 1. The summed E-state index contributed by atoms with van der Waals surface area (Å²) in [4.78, 5) is 12.2. The van der Waals surface area contributed by atoms with Gasteiger partial charge in [-0.05, 0) is 30.2 Å². The maximum absolute atomic E-state index is 12.2. The second-order valence-electron chi connectivity index (χ2n) is 6.36. The quantitative estimate of drug-likeness (QED) is 0.524. The Morgan fingerprint density at radius 2 is 1.76 bits per heavy atom. The molecule has 3 rings (SSSR count). The Bertz CT molecular complexity index is 1080. The highest BCUT2D eigenvalue weighted by atomic mass is 32.2. The summed E-state index contributed by atoms with van der Waals surface area (Å²) in [5.41, 5.74) is 1.91. The number of rotatable bonds is 8. The Hall–Kier alpha value is -2.69. The molecular formula is C19H21N5O3S2. The molecule has 0 atom stereocenters. The molecule has 0 saturated carbocycles. The number of benzene rings is 2. The summed E-state index contributed by atoms with van der Waals surface area (Å²) in [5, 5.41) is 16.8. The maximum Gasteiger partial charge on any atom is 0.238 e. The number of nitrogens with two attached hydrogens (primary N) is 1. The van der Waals surface area contributed by atoms with Gasteiger partial charge in [0.05, 0.1) is 17.2 Å². The molecule has 2 aromatic carbocycles. The van der Waals surface area contributed by atoms with Gasteiger partial charge in [-0.2, -0.15) is 0 Å². The van der Waals surface area contributed by atoms with Crippen LogP contribution in [0.4, 0.5) is 0 Å². The van der Waals surface area contributed by atoms with Crippen LogP contribution in [0.2, 0.25) is 0 Å². The first-order valence-electron chi connectivity index (χ1n) is 8.78. The summed E-state index contributed by atoms with van der Waals surface area (Å²) in [5.74, 6) is 0.825. The van der Waals surface area contributed by atoms with Gasteiger partial charge >= 0.3 is 0 Å². The Morgan fingerprint density at radius 1 is 1.07 bits per heavy atom. The number of hydrogen-bond acceptors (Lipinski definition) is 6. The van der Waals surface area contributed by atoms with Crippen molar-refractivity contribution in [1.29, 1.82) is 0 Å². The van der Waals surface area contributed by atoms with E-state index in [1.54, 1.807) is 12.1 Å². The number of aromatic nitrogens is 3. The smallest absolute Gasteiger partial charge is 0.238 e. The number of hydrogen-bond donors (Lipinski definition) is 2. The van der Waals surface area contributed by atoms with Crippen LogP contribution >= 0.6 is 11.8 Å². The van der Waals surface area contributed by atoms with Crippen molar-refractivity contribution in [2.75, 3.05) is 5.75 Å². The van der Waals surface area contributed by atoms with Crippen LogP contribution in [0.25, 0.3) is 0 Å². The highest BCUT2D eigenvalue weighted by Crippen LogP contribution is 2.18. The lowest BCUT2D eigenvalue weighted by Gasteiger charge is -2.09. The third kappa shape index (κ3) is 5.89. The van der Waals surface area contributed by atoms with Crippen molar-refractivity contribution in [3.8, 4) is 0 Å². The van der Waals surface area contributed by atoms with Gasteiger partial charge in [-0.1, -0.05) is 54.2 Å². The molecule has 3 aromatic rings. The van der Waals surface area contributed by atoms with E-state index in [0.29, 0.717) is 18.2 Å². The second-order valence-corrected chi connectivity index (χ2v) is 8.86. The average Bonchev–Trinajstić information content (AvgIpc) is 3.05. The van der Waals surface area contributed by atoms with Crippen molar-refractivity contribution in [3.63, 3.8) is 0 Å². The molecule has 0 saturated heterocycles. The Balaban J connectivity index is 1.53. The number of aryl methyl sites for hydroxylation is 1. The first-order chi connectivity index (χ1) is 13.8. The molecule has 0 aliphatic rings. The SMILES string of the molecule is Cc1nnc(SCC(=O)NCc2ccc(S(N)(=O)=O)cc2)n1Cc1ccccc1. The summed E-state index contributed by atoms with van der Waals surface area (Å²) < 4.78 is 24.5. The third-order valence-electron chi connectivity index (χ3n) is 4.16. The molecule has 0 aliphatic heterocycles. The van der Waals surface area contributed by atoms with Crippen molar-refractivity contribution < 1.29 is 13.2 Å². The largest absolute Gasteiger partial charge is 0.351 e. The summed E-state index contributed by atoms with van der Waals surface area (Å²) in [7, 11) is -3.72. The summed E-state index contributed by atoms with van der Waals surface area (Å²) in [6.45, 7) is 2.81. The molecule has 0 fully saturated rings. The molecule has 0 radical (unpaired) electrons. The van der Waals surface area contributed by atoms with Crippen molar-refractivity contribution in [3.05, 3.63) is 71.5 Å². The number of amides is 1. The van der Waals surface area contributed by atoms with E-state index in [2.05, 4.69) is 15.5 Å². The van der Waals surface area contributed by atoms with Crippen LogP contribution in [0.1, 0.15) is 17.0 Å². The average molecular weight is 432 g/mol. The molecule has 0 aliphatic carbocycles. The van der Waals surface area contributed by atoms with E-state index >= 15 is 0 Å². The summed E-state index contributed by atoms with van der Waals surface area (Å²) in [6, 6.07) is 16.0. The van der Waals surface area contributed by atoms with Crippen LogP contribution in [0.5, 0.6) is 0 Å². The maximum atomic E-state index is 12.2. The molecule has 0 unspecified atom stereocenters. The zero-order valence-corrected chi connectivity index (χ0v) is 17.4. The minimum absolute atomic E-state index is 0.0382. The highest BCUT2D eigenvalue weighted by Gasteiger charge is 2.12. The van der Waals surface area contributed by atoms with Crippen LogP contribution in [0.15, 0.2) is 64.6 Å². The fraction of sp³-hybridized carbons (Fsp3) is 0.211. The number of primary sulfonamides is 1. The normalized spacial score (nSPS) is 11.4. The van der Waals surface area contributed by atoms with Crippen LogP contribution in [-0.4, -0.2) is 34.8 Å². The summed E-state index contributed by atoms with van der Waals surface area (Å²) >= 11 is 1.32. The molecule has 152 valence electrons. The fourth-order valence-corrected chi connectivity index (χ4v) is 3.92. The van der Waals surface area contributed by atoms with E-state index in [0.717, 1.165) is 17.0 Å². The minimum atomic E-state index is -3.72. The molecule has 10 heteroatoms. The van der Waals surface area contributed by atoms with E-state index in [1.807, 2.05) is 41.8 Å². The lowest BCUT2D eigenvalue weighted by Crippen LogP contribution is -2.24. The molecular weight excluding hydrogens is 410 g/mol. The Kier molecular flexibility index (Phi) is 6.68. The molecule has 1 amide bonds. The van der Waals surface area contributed by atoms with Gasteiger partial charge in [0.1, 0.15) is 5.82 Å². The topological polar surface area (TPSA) is 120 Å². The number of carbonyl (C=O) groups is 1. The van der Waals surface area contributed by atoms with Crippen molar-refractivity contribution >= 4 is 27.7 Å². The first kappa shape index (κ1) is 21.0. The number of thioether (sulfide) groups is 1. The molecule has 8 nitrogen and oxygen atoms in total. The molecule has 1 heterocycles. The number of nitrogens with zero attached hydrogens (tertiary/aromatic N) is 3. The predicted molar refractivity (Wildman–Crippen MR) is 111 cm³/mol. The van der Waals surface area contributed by atoms with E-state index in [4.69, 9.17) is 5.14 Å². The van der Waals surface area contributed by atoms with Gasteiger partial charge < -0.3 is 9.88 Å². The monoisotopic (exact) mass is 431 g/mol. The highest BCUT2D eigenvalue weighted by molar-refractivity contribution is 7.99. The third-order valence-corrected chi connectivity index (χ3v) is 6.06. The molecule has 29 heavy (non-hydrogen) atoms. The summed E-state index contributed by atoms with van der Waals surface area (Å²) in [6.07, 6.45) is 0. The Morgan fingerprint density at radius 3 is 2.41 bits per heavy atom. The van der Waals surface area contributed by atoms with E-state index in [-0.39, 0.29) is 16.6 Å². The van der Waals surface area contributed by atoms with Crippen LogP contribution < -0.4 is 10.5 Å². The van der Waals surface area contributed by atoms with E-state index < -0.39 is 10.0 Å². The lowest BCUT2D eigenvalue weighted by molar-refractivity contribution is -0.118. The van der Waals surface area contributed by atoms with Crippen LogP contribution in [-0.2, 0) is 27.9 Å². The van der Waals surface area contributed by atoms with Gasteiger partial charge in [0.15, 0.2) is 5.16 Å². The van der Waals surface area contributed by atoms with Crippen LogP contribution in [0.3, 0.4) is 0 Å².